The third-order valence-corrected chi connectivity index (χ3v) is 5.58. The monoisotopic (exact) mass is 388 g/mol. The van der Waals surface area contributed by atoms with Crippen LogP contribution in [0.15, 0.2) is 47.4 Å². The minimum atomic E-state index is -3.93. The number of amides is 1. The van der Waals surface area contributed by atoms with E-state index in [1.54, 1.807) is 6.92 Å². The molecule has 0 bridgehead atoms. The smallest absolute Gasteiger partial charge is 0.271 e. The first-order valence-corrected chi connectivity index (χ1v) is 9.10. The van der Waals surface area contributed by atoms with Gasteiger partial charge in [0.1, 0.15) is 0 Å². The average Bonchev–Trinajstić information content (AvgIpc) is 2.63. The van der Waals surface area contributed by atoms with Crippen LogP contribution in [0.2, 0.25) is 0 Å². The molecule has 0 atom stereocenters. The summed E-state index contributed by atoms with van der Waals surface area (Å²) in [6.45, 7) is 1.18. The molecule has 0 aliphatic carbocycles. The summed E-state index contributed by atoms with van der Waals surface area (Å²) in [6, 6.07) is 11.2. The number of non-ortho nitro benzene ring substituents is 1. The summed E-state index contributed by atoms with van der Waals surface area (Å²) in [5, 5.41) is 22.1. The van der Waals surface area contributed by atoms with Crippen LogP contribution in [0.1, 0.15) is 11.1 Å². The van der Waals surface area contributed by atoms with Crippen molar-refractivity contribution in [2.45, 2.75) is 11.8 Å². The van der Waals surface area contributed by atoms with Gasteiger partial charge in [-0.2, -0.15) is 9.57 Å². The Morgan fingerprint density at radius 2 is 1.89 bits per heavy atom. The van der Waals surface area contributed by atoms with Crippen molar-refractivity contribution in [3.8, 4) is 6.07 Å². The van der Waals surface area contributed by atoms with Crippen LogP contribution >= 0.6 is 0 Å². The summed E-state index contributed by atoms with van der Waals surface area (Å²) in [4.78, 5) is 22.4. The number of benzene rings is 2. The van der Waals surface area contributed by atoms with Crippen LogP contribution in [0.4, 0.5) is 11.4 Å². The first-order chi connectivity index (χ1) is 12.6. The third-order valence-electron chi connectivity index (χ3n) is 3.76. The molecule has 0 fully saturated rings. The van der Waals surface area contributed by atoms with Crippen molar-refractivity contribution in [1.82, 2.24) is 4.31 Å². The SMILES string of the molecule is Cc1ccc([N+](=O)[O-])cc1NC(=O)CN(C)S(=O)(=O)c1ccc(C#N)cc1. The maximum atomic E-state index is 12.5. The summed E-state index contributed by atoms with van der Waals surface area (Å²) < 4.78 is 25.9. The van der Waals surface area contributed by atoms with Crippen molar-refractivity contribution in [2.75, 3.05) is 18.9 Å². The van der Waals surface area contributed by atoms with Crippen LogP contribution in [0.5, 0.6) is 0 Å². The Morgan fingerprint density at radius 1 is 1.26 bits per heavy atom. The summed E-state index contributed by atoms with van der Waals surface area (Å²) in [7, 11) is -2.68. The van der Waals surface area contributed by atoms with E-state index in [1.807, 2.05) is 6.07 Å². The van der Waals surface area contributed by atoms with E-state index in [9.17, 15) is 23.3 Å². The van der Waals surface area contributed by atoms with E-state index in [-0.39, 0.29) is 16.3 Å². The highest BCUT2D eigenvalue weighted by Gasteiger charge is 2.23. The lowest BCUT2D eigenvalue weighted by atomic mass is 10.2. The fraction of sp³-hybridized carbons (Fsp3) is 0.176. The number of likely N-dealkylation sites (N-methyl/N-ethyl adjacent to an activating group) is 1. The number of rotatable bonds is 6. The number of hydrogen-bond donors (Lipinski definition) is 1. The lowest BCUT2D eigenvalue weighted by Gasteiger charge is -2.17. The molecule has 0 saturated heterocycles. The molecule has 9 nitrogen and oxygen atoms in total. The first kappa shape index (κ1) is 20.0. The Labute approximate surface area is 156 Å². The summed E-state index contributed by atoms with van der Waals surface area (Å²) in [6.07, 6.45) is 0. The van der Waals surface area contributed by atoms with Crippen molar-refractivity contribution in [2.24, 2.45) is 0 Å². The highest BCUT2D eigenvalue weighted by Crippen LogP contribution is 2.22. The molecule has 27 heavy (non-hydrogen) atoms. The Hall–Kier alpha value is -3.29. The van der Waals surface area contributed by atoms with Gasteiger partial charge in [-0.25, -0.2) is 8.42 Å². The van der Waals surface area contributed by atoms with Gasteiger partial charge in [0.05, 0.1) is 33.7 Å². The number of carbonyl (C=O) groups is 1. The zero-order chi connectivity index (χ0) is 20.2. The van der Waals surface area contributed by atoms with Gasteiger partial charge in [-0.1, -0.05) is 6.07 Å². The third kappa shape index (κ3) is 4.66. The Kier molecular flexibility index (Phi) is 5.89. The fourth-order valence-electron chi connectivity index (χ4n) is 2.22. The number of nitro benzene ring substituents is 1. The van der Waals surface area contributed by atoms with Crippen molar-refractivity contribution in [3.05, 3.63) is 63.7 Å². The molecule has 2 aromatic rings. The van der Waals surface area contributed by atoms with Crippen LogP contribution in [-0.2, 0) is 14.8 Å². The van der Waals surface area contributed by atoms with E-state index in [2.05, 4.69) is 5.32 Å². The van der Waals surface area contributed by atoms with Crippen molar-refractivity contribution < 1.29 is 18.1 Å². The van der Waals surface area contributed by atoms with Gasteiger partial charge < -0.3 is 5.32 Å². The van der Waals surface area contributed by atoms with Crippen molar-refractivity contribution >= 4 is 27.3 Å². The lowest BCUT2D eigenvalue weighted by molar-refractivity contribution is -0.384. The molecule has 0 radical (unpaired) electrons. The number of hydrogen-bond acceptors (Lipinski definition) is 6. The van der Waals surface area contributed by atoms with E-state index in [4.69, 9.17) is 5.26 Å². The van der Waals surface area contributed by atoms with Gasteiger partial charge in [0.25, 0.3) is 5.69 Å². The predicted molar refractivity (Wildman–Crippen MR) is 97.4 cm³/mol. The molecule has 0 aliphatic rings. The zero-order valence-corrected chi connectivity index (χ0v) is 15.4. The standard InChI is InChI=1S/C17H16N4O5S/c1-12-3-6-14(21(23)24)9-16(12)19-17(22)11-20(2)27(25,26)15-7-4-13(10-18)5-8-15/h3-9H,11H2,1-2H3,(H,19,22). The molecule has 1 N–H and O–H groups in total. The second-order valence-corrected chi connectivity index (χ2v) is 7.75. The van der Waals surface area contributed by atoms with Crippen LogP contribution in [-0.4, -0.2) is 37.1 Å². The highest BCUT2D eigenvalue weighted by molar-refractivity contribution is 7.89. The molecule has 2 rings (SSSR count). The van der Waals surface area contributed by atoms with E-state index < -0.39 is 27.4 Å². The minimum absolute atomic E-state index is 0.0525. The van der Waals surface area contributed by atoms with E-state index >= 15 is 0 Å². The molecule has 140 valence electrons. The zero-order valence-electron chi connectivity index (χ0n) is 14.5. The van der Waals surface area contributed by atoms with Crippen LogP contribution in [0.3, 0.4) is 0 Å². The maximum Gasteiger partial charge on any atom is 0.271 e. The molecular weight excluding hydrogens is 372 g/mol. The fourth-order valence-corrected chi connectivity index (χ4v) is 3.34. The molecule has 2 aromatic carbocycles. The highest BCUT2D eigenvalue weighted by atomic mass is 32.2. The minimum Gasteiger partial charge on any atom is -0.324 e. The molecule has 0 aliphatic heterocycles. The number of sulfonamides is 1. The van der Waals surface area contributed by atoms with Gasteiger partial charge in [-0.3, -0.25) is 14.9 Å². The van der Waals surface area contributed by atoms with Crippen LogP contribution in [0.25, 0.3) is 0 Å². The molecule has 0 unspecified atom stereocenters. The van der Waals surface area contributed by atoms with E-state index in [1.165, 1.54) is 49.5 Å². The summed E-state index contributed by atoms with van der Waals surface area (Å²) >= 11 is 0. The molecule has 0 saturated carbocycles. The Bertz CT molecular complexity index is 1030. The van der Waals surface area contributed by atoms with Gasteiger partial charge in [-0.05, 0) is 36.8 Å². The predicted octanol–water partition coefficient (Wildman–Crippen LogP) is 2.03. The topological polar surface area (TPSA) is 133 Å². The number of anilines is 1. The maximum absolute atomic E-state index is 12.5. The van der Waals surface area contributed by atoms with Crippen LogP contribution in [0, 0.1) is 28.4 Å². The van der Waals surface area contributed by atoms with Crippen molar-refractivity contribution in [3.63, 3.8) is 0 Å². The number of aryl methyl sites for hydroxylation is 1. The Morgan fingerprint density at radius 3 is 2.44 bits per heavy atom. The van der Waals surface area contributed by atoms with Gasteiger partial charge in [0.2, 0.25) is 15.9 Å². The van der Waals surface area contributed by atoms with Gasteiger partial charge in [0, 0.05) is 19.2 Å². The molecular formula is C17H16N4O5S. The Balaban J connectivity index is 2.14. The van der Waals surface area contributed by atoms with Crippen LogP contribution < -0.4 is 5.32 Å². The molecule has 10 heteroatoms. The molecule has 1 amide bonds. The molecule has 0 aromatic heterocycles. The number of carbonyl (C=O) groups excluding carboxylic acids is 1. The van der Waals surface area contributed by atoms with Gasteiger partial charge in [0.15, 0.2) is 0 Å². The average molecular weight is 388 g/mol. The number of nitro groups is 1. The molecule has 0 spiro atoms. The van der Waals surface area contributed by atoms with E-state index in [0.717, 1.165) is 4.31 Å². The van der Waals surface area contributed by atoms with Crippen molar-refractivity contribution in [1.29, 1.82) is 5.26 Å². The van der Waals surface area contributed by atoms with Gasteiger partial charge in [-0.15, -0.1) is 0 Å². The number of nitriles is 1. The first-order valence-electron chi connectivity index (χ1n) is 7.66. The number of nitrogens with zero attached hydrogens (tertiary/aromatic N) is 3. The number of nitrogens with one attached hydrogen (secondary N) is 1. The van der Waals surface area contributed by atoms with Gasteiger partial charge >= 0.3 is 0 Å². The normalized spacial score (nSPS) is 11.0. The second-order valence-electron chi connectivity index (χ2n) is 5.70. The second kappa shape index (κ2) is 7.94. The van der Waals surface area contributed by atoms with E-state index in [0.29, 0.717) is 11.1 Å². The molecule has 0 heterocycles. The summed E-state index contributed by atoms with van der Waals surface area (Å²) in [5.74, 6) is -0.640. The summed E-state index contributed by atoms with van der Waals surface area (Å²) in [5.41, 5.74) is 0.967. The quantitative estimate of drug-likeness (QED) is 0.594. The largest absolute Gasteiger partial charge is 0.324 e. The lowest BCUT2D eigenvalue weighted by Crippen LogP contribution is -2.35.